The summed E-state index contributed by atoms with van der Waals surface area (Å²) in [6, 6.07) is 16.7. The summed E-state index contributed by atoms with van der Waals surface area (Å²) in [5.41, 5.74) is 14.0. The molecular formula is C50H62N10O6S. The number of carbonyl (C=O) groups is 3. The number of rotatable bonds is 22. The number of hydrogen-bond acceptors (Lipinski definition) is 13. The highest BCUT2D eigenvalue weighted by atomic mass is 32.1. The molecule has 0 saturated carbocycles. The first-order valence-electron chi connectivity index (χ1n) is 23.3. The van der Waals surface area contributed by atoms with Gasteiger partial charge in [0.1, 0.15) is 23.5 Å². The van der Waals surface area contributed by atoms with Crippen LogP contribution in [0.1, 0.15) is 113 Å². The van der Waals surface area contributed by atoms with Crippen molar-refractivity contribution in [2.24, 2.45) is 5.92 Å². The molecule has 1 fully saturated rings. The Morgan fingerprint density at radius 1 is 0.925 bits per heavy atom. The number of hydrogen-bond donors (Lipinski definition) is 5. The summed E-state index contributed by atoms with van der Waals surface area (Å²) in [6.45, 7) is 8.90. The Morgan fingerprint density at radius 2 is 1.66 bits per heavy atom. The van der Waals surface area contributed by atoms with Crippen LogP contribution in [-0.4, -0.2) is 88.2 Å². The second-order valence-electron chi connectivity index (χ2n) is 17.9. The average Bonchev–Trinajstić information content (AvgIpc) is 4.14. The van der Waals surface area contributed by atoms with Crippen LogP contribution in [0.2, 0.25) is 0 Å². The van der Waals surface area contributed by atoms with Crippen LogP contribution in [0.3, 0.4) is 0 Å². The molecule has 0 spiro atoms. The zero-order valence-electron chi connectivity index (χ0n) is 38.7. The lowest BCUT2D eigenvalue weighted by molar-refractivity contribution is -0.141. The van der Waals surface area contributed by atoms with Gasteiger partial charge in [0.05, 0.1) is 52.2 Å². The van der Waals surface area contributed by atoms with Crippen LogP contribution in [0, 0.1) is 19.8 Å². The Balaban J connectivity index is 0.852. The zero-order valence-corrected chi connectivity index (χ0v) is 39.5. The molecule has 6 N–H and O–H groups in total. The molecule has 2 aromatic carbocycles. The predicted molar refractivity (Wildman–Crippen MR) is 257 cm³/mol. The van der Waals surface area contributed by atoms with E-state index in [1.807, 2.05) is 68.0 Å². The number of aromatic nitrogens is 6. The first kappa shape index (κ1) is 48.5. The van der Waals surface area contributed by atoms with Crippen molar-refractivity contribution in [3.63, 3.8) is 0 Å². The van der Waals surface area contributed by atoms with Crippen molar-refractivity contribution in [3.05, 3.63) is 101 Å². The van der Waals surface area contributed by atoms with E-state index in [0.29, 0.717) is 35.1 Å². The molecule has 16 nitrogen and oxygen atoms in total. The Hall–Kier alpha value is -6.46. The third kappa shape index (κ3) is 12.5. The van der Waals surface area contributed by atoms with Crippen molar-refractivity contribution in [1.82, 2.24) is 45.7 Å². The number of nitrogen functional groups attached to an aromatic ring is 1. The maximum Gasteiger partial charge on any atom is 0.243 e. The van der Waals surface area contributed by atoms with Gasteiger partial charge in [-0.3, -0.25) is 19.1 Å². The van der Waals surface area contributed by atoms with E-state index in [9.17, 15) is 24.6 Å². The number of para-hydroxylation sites is 1. The molecule has 1 aliphatic heterocycles. The van der Waals surface area contributed by atoms with Crippen molar-refractivity contribution < 1.29 is 29.1 Å². The molecule has 7 rings (SSSR count). The van der Waals surface area contributed by atoms with Crippen LogP contribution in [0.4, 0.5) is 5.82 Å². The lowest BCUT2D eigenvalue weighted by Crippen LogP contribution is -2.49. The maximum atomic E-state index is 14.1. The van der Waals surface area contributed by atoms with E-state index in [1.165, 1.54) is 4.90 Å². The Morgan fingerprint density at radius 3 is 2.34 bits per heavy atom. The van der Waals surface area contributed by atoms with Crippen LogP contribution in [0.25, 0.3) is 32.8 Å². The van der Waals surface area contributed by atoms with E-state index in [-0.39, 0.29) is 42.9 Å². The quantitative estimate of drug-likeness (QED) is 0.0409. The molecule has 1 aliphatic rings. The summed E-state index contributed by atoms with van der Waals surface area (Å²) in [5.74, 6) is -0.890. The van der Waals surface area contributed by atoms with Crippen LogP contribution in [0.15, 0.2) is 83.1 Å². The van der Waals surface area contributed by atoms with Gasteiger partial charge in [-0.05, 0) is 61.9 Å². The number of thiazole rings is 1. The minimum absolute atomic E-state index is 0.00920. The van der Waals surface area contributed by atoms with Gasteiger partial charge < -0.3 is 36.0 Å². The highest BCUT2D eigenvalue weighted by Gasteiger charge is 2.43. The number of nitrogens with zero attached hydrogens (tertiary/aromatic N) is 7. The summed E-state index contributed by atoms with van der Waals surface area (Å²) in [4.78, 5) is 48.5. The number of carbonyl (C=O) groups excluding carboxylic acids is 3. The SMILES string of the molecule is Cc1cc([C@H](C(=O)N2C[C@H](O)C[C@H]2C(=O)N[C@@H](CC(=O)NCCCCCCCCCCn2cc(-c3cc(-c4ccccc4O)nnc3N)cn2)c2ccc(-c3scnc3C)cc2)C(C)C)on1. The number of aliphatic hydroxyl groups is 1. The van der Waals surface area contributed by atoms with Crippen molar-refractivity contribution in [1.29, 1.82) is 0 Å². The lowest BCUT2D eigenvalue weighted by Gasteiger charge is -2.30. The Kier molecular flexibility index (Phi) is 16.5. The number of unbranched alkanes of at least 4 members (excludes halogenated alkanes) is 7. The Bertz CT molecular complexity index is 2590. The molecular weight excluding hydrogens is 869 g/mol. The summed E-state index contributed by atoms with van der Waals surface area (Å²) < 4.78 is 7.42. The van der Waals surface area contributed by atoms with Crippen LogP contribution < -0.4 is 16.4 Å². The van der Waals surface area contributed by atoms with Crippen molar-refractivity contribution in [3.8, 4) is 38.6 Å². The predicted octanol–water partition coefficient (Wildman–Crippen LogP) is 7.91. The molecule has 5 heterocycles. The van der Waals surface area contributed by atoms with Gasteiger partial charge in [0.2, 0.25) is 17.7 Å². The van der Waals surface area contributed by atoms with Gasteiger partial charge in [-0.2, -0.15) is 5.10 Å². The van der Waals surface area contributed by atoms with E-state index in [4.69, 9.17) is 10.3 Å². The van der Waals surface area contributed by atoms with Gasteiger partial charge in [-0.15, -0.1) is 21.5 Å². The van der Waals surface area contributed by atoms with Crippen molar-refractivity contribution in [2.75, 3.05) is 18.8 Å². The molecule has 3 amide bonds. The summed E-state index contributed by atoms with van der Waals surface area (Å²) >= 11 is 1.55. The summed E-state index contributed by atoms with van der Waals surface area (Å²) in [5, 5.41) is 44.0. The number of phenolic OH excluding ortho intramolecular Hbond substituents is 1. The number of benzene rings is 2. The molecule has 4 atom stereocenters. The first-order valence-corrected chi connectivity index (χ1v) is 24.2. The summed E-state index contributed by atoms with van der Waals surface area (Å²) in [7, 11) is 0. The third-order valence-corrected chi connectivity index (χ3v) is 13.3. The van der Waals surface area contributed by atoms with Gasteiger partial charge in [0, 0.05) is 55.0 Å². The fourth-order valence-electron chi connectivity index (χ4n) is 8.74. The minimum Gasteiger partial charge on any atom is -0.507 e. The molecule has 0 bridgehead atoms. The smallest absolute Gasteiger partial charge is 0.243 e. The van der Waals surface area contributed by atoms with E-state index < -0.39 is 30.0 Å². The molecule has 6 aromatic rings. The first-order chi connectivity index (χ1) is 32.4. The number of β-amino-alcohol motifs (C(OH)–C–C–N with tert-alkyl or cyclic N) is 1. The highest BCUT2D eigenvalue weighted by Crippen LogP contribution is 2.34. The molecule has 1 saturated heterocycles. The zero-order chi connectivity index (χ0) is 47.5. The van der Waals surface area contributed by atoms with E-state index in [2.05, 4.69) is 36.1 Å². The fourth-order valence-corrected chi connectivity index (χ4v) is 9.55. The molecule has 354 valence electrons. The van der Waals surface area contributed by atoms with Crippen LogP contribution in [0.5, 0.6) is 5.75 Å². The van der Waals surface area contributed by atoms with E-state index in [0.717, 1.165) is 90.7 Å². The second-order valence-corrected chi connectivity index (χ2v) is 18.7. The minimum atomic E-state index is -0.925. The Labute approximate surface area is 395 Å². The molecule has 0 aliphatic carbocycles. The standard InChI is InChI=1S/C50H62N10O6S/c1-31(2)46(44-23-32(3)58-66-44)50(65)60-29-37(61)24-42(60)49(64)55-40(34-17-19-35(20-18-34)47-33(4)53-30-67-47)26-45(63)52-21-13-9-7-5-6-8-10-14-22-59-28-36(27-54-59)39-25-41(56-57-48(39)51)38-15-11-12-16-43(38)62/h11-12,15-20,23,25,27-28,30-31,37,40,42,46,61-62H,5-10,13-14,21-22,24,26,29H2,1-4H3,(H2,51,57)(H,52,63)(H,55,64)/t37-,40+,42+,46-/m1/s1. The number of nitrogens with two attached hydrogens (primary N) is 1. The summed E-state index contributed by atoms with van der Waals surface area (Å²) in [6.07, 6.45) is 11.3. The number of aryl methyl sites for hydroxylation is 3. The normalized spacial score (nSPS) is 15.8. The topological polar surface area (TPSA) is 228 Å². The lowest BCUT2D eigenvalue weighted by atomic mass is 9.91. The monoisotopic (exact) mass is 930 g/mol. The maximum absolute atomic E-state index is 14.1. The van der Waals surface area contributed by atoms with E-state index >= 15 is 0 Å². The number of phenols is 1. The van der Waals surface area contributed by atoms with Crippen molar-refractivity contribution in [2.45, 2.75) is 123 Å². The van der Waals surface area contributed by atoms with Gasteiger partial charge in [0.25, 0.3) is 0 Å². The number of nitrogens with one attached hydrogen (secondary N) is 2. The molecule has 0 radical (unpaired) electrons. The molecule has 17 heteroatoms. The second kappa shape index (κ2) is 22.8. The third-order valence-electron chi connectivity index (χ3n) is 12.4. The fraction of sp³-hybridized carbons (Fsp3) is 0.440. The number of anilines is 1. The number of aromatic hydroxyl groups is 1. The van der Waals surface area contributed by atoms with Gasteiger partial charge in [-0.1, -0.05) is 93.9 Å². The molecule has 4 aromatic heterocycles. The van der Waals surface area contributed by atoms with Crippen LogP contribution in [-0.2, 0) is 20.9 Å². The largest absolute Gasteiger partial charge is 0.507 e. The van der Waals surface area contributed by atoms with Gasteiger partial charge >= 0.3 is 0 Å². The van der Waals surface area contributed by atoms with Gasteiger partial charge in [0.15, 0.2) is 5.82 Å². The molecule has 67 heavy (non-hydrogen) atoms. The van der Waals surface area contributed by atoms with Crippen molar-refractivity contribution >= 4 is 34.9 Å². The number of amides is 3. The number of likely N-dealkylation sites (tertiary alicyclic amines) is 1. The van der Waals surface area contributed by atoms with E-state index in [1.54, 1.807) is 54.2 Å². The number of aliphatic hydroxyl groups excluding tert-OH is 1. The molecule has 0 unspecified atom stereocenters. The van der Waals surface area contributed by atoms with Crippen LogP contribution >= 0.6 is 11.3 Å². The average molecular weight is 931 g/mol. The highest BCUT2D eigenvalue weighted by molar-refractivity contribution is 7.13. The van der Waals surface area contributed by atoms with Gasteiger partial charge in [-0.25, -0.2) is 4.98 Å².